The van der Waals surface area contributed by atoms with Crippen LogP contribution in [0.2, 0.25) is 0 Å². The fourth-order valence-corrected chi connectivity index (χ4v) is 5.81. The molecule has 1 N–H and O–H groups in total. The highest BCUT2D eigenvalue weighted by atomic mass is 31.2. The largest absolute Gasteiger partial charge is 0.508 e. The Hall–Kier alpha value is -2.31. The normalized spacial score (nSPS) is 12.1. The van der Waals surface area contributed by atoms with Crippen LogP contribution in [0.25, 0.3) is 0 Å². The lowest BCUT2D eigenvalue weighted by Crippen LogP contribution is -2.29. The van der Waals surface area contributed by atoms with Crippen LogP contribution in [0.1, 0.15) is 16.7 Å². The Balaban J connectivity index is 2.42. The average molecular weight is 336 g/mol. The van der Waals surface area contributed by atoms with Gasteiger partial charge in [0, 0.05) is 0 Å². The highest BCUT2D eigenvalue weighted by molar-refractivity contribution is 7.64. The first-order valence-corrected chi connectivity index (χ1v) is 10.5. The highest BCUT2D eigenvalue weighted by Gasteiger charge is 2.46. The molecule has 0 aromatic heterocycles. The zero-order chi connectivity index (χ0) is 17.2. The number of rotatable bonds is 4. The maximum atomic E-state index is 13.7. The monoisotopic (exact) mass is 336 g/mol. The maximum Gasteiger partial charge on any atom is 0.115 e. The number of benzene rings is 3. The van der Waals surface area contributed by atoms with E-state index in [0.29, 0.717) is 0 Å². The predicted octanol–water partition coefficient (Wildman–Crippen LogP) is 5.31. The van der Waals surface area contributed by atoms with Crippen molar-refractivity contribution in [1.29, 1.82) is 0 Å². The van der Waals surface area contributed by atoms with Gasteiger partial charge in [0.15, 0.2) is 0 Å². The van der Waals surface area contributed by atoms with E-state index in [1.54, 1.807) is 12.1 Å². The van der Waals surface area contributed by atoms with Crippen LogP contribution in [0.4, 0.5) is 0 Å². The molecule has 24 heavy (non-hydrogen) atoms. The lowest BCUT2D eigenvalue weighted by atomic mass is 9.84. The van der Waals surface area contributed by atoms with E-state index in [1.807, 2.05) is 86.1 Å². The van der Waals surface area contributed by atoms with E-state index in [-0.39, 0.29) is 5.75 Å². The average Bonchev–Trinajstić information content (AvgIpc) is 2.58. The van der Waals surface area contributed by atoms with E-state index < -0.39 is 12.3 Å². The second-order valence-corrected chi connectivity index (χ2v) is 9.71. The van der Waals surface area contributed by atoms with Crippen LogP contribution < -0.4 is 0 Å². The molecule has 0 amide bonds. The quantitative estimate of drug-likeness (QED) is 0.518. The summed E-state index contributed by atoms with van der Waals surface area (Å²) >= 11 is 0. The summed E-state index contributed by atoms with van der Waals surface area (Å²) < 4.78 is 13.7. The third-order valence-electron chi connectivity index (χ3n) is 4.48. The van der Waals surface area contributed by atoms with Gasteiger partial charge < -0.3 is 9.67 Å². The van der Waals surface area contributed by atoms with Crippen LogP contribution in [0.15, 0.2) is 84.9 Å². The third kappa shape index (κ3) is 2.68. The summed E-state index contributed by atoms with van der Waals surface area (Å²) in [6, 6.07) is 27.0. The van der Waals surface area contributed by atoms with E-state index in [2.05, 4.69) is 0 Å². The summed E-state index contributed by atoms with van der Waals surface area (Å²) in [4.78, 5) is 0. The fraction of sp³-hybridized carbons (Fsp3) is 0.143. The first-order valence-electron chi connectivity index (χ1n) is 7.92. The van der Waals surface area contributed by atoms with Crippen molar-refractivity contribution in [3.8, 4) is 5.75 Å². The number of phenolic OH excluding ortho intramolecular Hbond substituents is 1. The summed E-state index contributed by atoms with van der Waals surface area (Å²) in [6.07, 6.45) is 0. The molecule has 0 spiro atoms. The topological polar surface area (TPSA) is 37.3 Å². The van der Waals surface area contributed by atoms with Crippen molar-refractivity contribution in [2.24, 2.45) is 0 Å². The van der Waals surface area contributed by atoms with E-state index in [4.69, 9.17) is 0 Å². The van der Waals surface area contributed by atoms with E-state index >= 15 is 0 Å². The van der Waals surface area contributed by atoms with Crippen molar-refractivity contribution < 1.29 is 9.67 Å². The Morgan fingerprint density at radius 3 is 1.42 bits per heavy atom. The van der Waals surface area contributed by atoms with Gasteiger partial charge in [0.25, 0.3) is 0 Å². The van der Waals surface area contributed by atoms with Crippen molar-refractivity contribution in [2.45, 2.75) is 5.16 Å². The molecule has 122 valence electrons. The standard InChI is InChI=1S/C21H21O2P/c1-24(2,23)21(17-9-5-3-6-10-17,18-11-7-4-8-12-18)19-13-15-20(22)16-14-19/h3-16,22H,1-2H3. The van der Waals surface area contributed by atoms with Crippen molar-refractivity contribution in [2.75, 3.05) is 13.3 Å². The molecule has 0 bridgehead atoms. The Morgan fingerprint density at radius 2 is 1.04 bits per heavy atom. The molecule has 0 fully saturated rings. The lowest BCUT2D eigenvalue weighted by Gasteiger charge is -2.39. The van der Waals surface area contributed by atoms with Crippen molar-refractivity contribution in [1.82, 2.24) is 0 Å². The number of hydrogen-bond donors (Lipinski definition) is 1. The minimum Gasteiger partial charge on any atom is -0.508 e. The third-order valence-corrected chi connectivity index (χ3v) is 6.87. The highest BCUT2D eigenvalue weighted by Crippen LogP contribution is 2.64. The van der Waals surface area contributed by atoms with Gasteiger partial charge in [0.1, 0.15) is 12.9 Å². The maximum absolute atomic E-state index is 13.7. The molecular formula is C21H21O2P. The molecule has 0 aliphatic heterocycles. The van der Waals surface area contributed by atoms with Crippen molar-refractivity contribution >= 4 is 7.14 Å². The van der Waals surface area contributed by atoms with Crippen LogP contribution >= 0.6 is 7.14 Å². The van der Waals surface area contributed by atoms with Crippen molar-refractivity contribution in [3.63, 3.8) is 0 Å². The SMILES string of the molecule is CP(C)(=O)C(c1ccccc1)(c1ccccc1)c1ccc(O)cc1. The molecule has 0 saturated carbocycles. The predicted molar refractivity (Wildman–Crippen MR) is 100 cm³/mol. The zero-order valence-corrected chi connectivity index (χ0v) is 14.8. The lowest BCUT2D eigenvalue weighted by molar-refractivity contribution is 0.475. The molecule has 0 aliphatic rings. The molecule has 3 rings (SSSR count). The minimum absolute atomic E-state index is 0.204. The molecular weight excluding hydrogens is 315 g/mol. The fourth-order valence-electron chi connectivity index (χ4n) is 3.49. The van der Waals surface area contributed by atoms with Gasteiger partial charge in [-0.05, 0) is 42.2 Å². The van der Waals surface area contributed by atoms with Gasteiger partial charge in [-0.15, -0.1) is 0 Å². The molecule has 3 heteroatoms. The van der Waals surface area contributed by atoms with Crippen LogP contribution in [0.5, 0.6) is 5.75 Å². The molecule has 0 atom stereocenters. The summed E-state index contributed by atoms with van der Waals surface area (Å²) in [5, 5.41) is 8.95. The van der Waals surface area contributed by atoms with Crippen LogP contribution in [0, 0.1) is 0 Å². The first kappa shape index (κ1) is 16.5. The van der Waals surface area contributed by atoms with E-state index in [0.717, 1.165) is 16.7 Å². The molecule has 3 aromatic carbocycles. The summed E-state index contributed by atoms with van der Waals surface area (Å²) in [5.41, 5.74) is 2.91. The van der Waals surface area contributed by atoms with Gasteiger partial charge in [-0.3, -0.25) is 0 Å². The first-order chi connectivity index (χ1) is 11.5. The van der Waals surface area contributed by atoms with Gasteiger partial charge in [-0.2, -0.15) is 0 Å². The number of hydrogen-bond acceptors (Lipinski definition) is 2. The zero-order valence-electron chi connectivity index (χ0n) is 13.9. The molecule has 0 heterocycles. The Labute approximate surface area is 143 Å². The molecule has 0 aliphatic carbocycles. The minimum atomic E-state index is -2.67. The van der Waals surface area contributed by atoms with E-state index in [1.165, 1.54) is 0 Å². The Kier molecular flexibility index (Phi) is 4.34. The summed E-state index contributed by atoms with van der Waals surface area (Å²) in [5.74, 6) is 0.204. The second kappa shape index (κ2) is 6.30. The van der Waals surface area contributed by atoms with Gasteiger partial charge in [0.2, 0.25) is 0 Å². The van der Waals surface area contributed by atoms with Gasteiger partial charge >= 0.3 is 0 Å². The molecule has 0 unspecified atom stereocenters. The van der Waals surface area contributed by atoms with Crippen LogP contribution in [0.3, 0.4) is 0 Å². The number of aromatic hydroxyl groups is 1. The molecule has 0 radical (unpaired) electrons. The van der Waals surface area contributed by atoms with Gasteiger partial charge in [-0.25, -0.2) is 0 Å². The summed E-state index contributed by atoms with van der Waals surface area (Å²) in [7, 11) is -2.67. The Bertz CT molecular complexity index is 810. The molecule has 2 nitrogen and oxygen atoms in total. The van der Waals surface area contributed by atoms with Gasteiger partial charge in [0.05, 0.1) is 5.16 Å². The van der Waals surface area contributed by atoms with Crippen LogP contribution in [-0.2, 0) is 9.72 Å². The van der Waals surface area contributed by atoms with Crippen LogP contribution in [-0.4, -0.2) is 18.4 Å². The molecule has 0 saturated heterocycles. The summed E-state index contributed by atoms with van der Waals surface area (Å²) in [6.45, 7) is 3.67. The van der Waals surface area contributed by atoms with Crippen molar-refractivity contribution in [3.05, 3.63) is 102 Å². The smallest absolute Gasteiger partial charge is 0.115 e. The molecule has 3 aromatic rings. The second-order valence-electron chi connectivity index (χ2n) is 6.34. The Morgan fingerprint density at radius 1 is 0.667 bits per heavy atom. The number of phenols is 1. The van der Waals surface area contributed by atoms with Gasteiger partial charge in [-0.1, -0.05) is 72.8 Å². The van der Waals surface area contributed by atoms with E-state index in [9.17, 15) is 9.67 Å².